The minimum absolute atomic E-state index is 0.823. The van der Waals surface area contributed by atoms with Crippen LogP contribution in [0.25, 0.3) is 0 Å². The minimum atomic E-state index is 0.823. The highest BCUT2D eigenvalue weighted by atomic mass is 14.3. The molecule has 84 valence electrons. The molecule has 0 radical (unpaired) electrons. The summed E-state index contributed by atoms with van der Waals surface area (Å²) in [5, 5.41) is 0. The van der Waals surface area contributed by atoms with E-state index in [1.54, 1.807) is 11.1 Å². The largest absolute Gasteiger partial charge is 0.0709 e. The van der Waals surface area contributed by atoms with Gasteiger partial charge in [-0.2, -0.15) is 0 Å². The maximum atomic E-state index is 2.33. The maximum absolute atomic E-state index is 2.33. The summed E-state index contributed by atoms with van der Waals surface area (Å²) in [6, 6.07) is 9.17. The molecule has 0 nitrogen and oxygen atoms in total. The van der Waals surface area contributed by atoms with Crippen molar-refractivity contribution < 1.29 is 0 Å². The Balaban J connectivity index is 1.69. The molecule has 2 aliphatic rings. The molecule has 3 rings (SSSR count). The molecule has 2 fully saturated rings. The Kier molecular flexibility index (Phi) is 2.59. The predicted molar refractivity (Wildman–Crippen MR) is 68.6 cm³/mol. The summed E-state index contributed by atoms with van der Waals surface area (Å²) >= 11 is 0. The number of rotatable bonds is 1. The predicted octanol–water partition coefficient (Wildman–Crippen LogP) is 4.74. The lowest BCUT2D eigenvalue weighted by molar-refractivity contribution is 0.515. The summed E-state index contributed by atoms with van der Waals surface area (Å²) in [7, 11) is 0. The molecule has 16 heavy (non-hydrogen) atoms. The molecule has 0 heteroatoms. The van der Waals surface area contributed by atoms with Crippen LogP contribution in [0.4, 0.5) is 0 Å². The lowest BCUT2D eigenvalue weighted by Gasteiger charge is -2.24. The van der Waals surface area contributed by atoms with Gasteiger partial charge < -0.3 is 0 Å². The van der Waals surface area contributed by atoms with E-state index in [0.717, 1.165) is 5.92 Å². The quantitative estimate of drug-likeness (QED) is 0.590. The van der Waals surface area contributed by atoms with E-state index in [4.69, 9.17) is 0 Å². The van der Waals surface area contributed by atoms with Crippen molar-refractivity contribution in [2.24, 2.45) is 0 Å². The van der Waals surface area contributed by atoms with Gasteiger partial charge in [0, 0.05) is 0 Å². The molecule has 0 spiro atoms. The lowest BCUT2D eigenvalue weighted by Crippen LogP contribution is -2.06. The van der Waals surface area contributed by atoms with Crippen molar-refractivity contribution in [2.75, 3.05) is 0 Å². The van der Waals surface area contributed by atoms with Crippen LogP contribution in [0.1, 0.15) is 55.6 Å². The third kappa shape index (κ3) is 2.07. The van der Waals surface area contributed by atoms with E-state index in [-0.39, 0.29) is 0 Å². The molecule has 2 saturated carbocycles. The Morgan fingerprint density at radius 1 is 0.812 bits per heavy atom. The van der Waals surface area contributed by atoms with Crippen LogP contribution in [0, 0.1) is 6.92 Å². The van der Waals surface area contributed by atoms with Crippen LogP contribution in [0.2, 0.25) is 0 Å². The third-order valence-corrected chi connectivity index (χ3v) is 4.14. The normalized spacial score (nSPS) is 24.7. The van der Waals surface area contributed by atoms with Crippen molar-refractivity contribution >= 4 is 0 Å². The minimum Gasteiger partial charge on any atom is -0.0709 e. The van der Waals surface area contributed by atoms with Crippen LogP contribution < -0.4 is 0 Å². The van der Waals surface area contributed by atoms with Crippen LogP contribution in [-0.4, -0.2) is 0 Å². The zero-order chi connectivity index (χ0) is 11.0. The molecule has 0 N–H and O–H groups in total. The van der Waals surface area contributed by atoms with Gasteiger partial charge in [-0.25, -0.2) is 0 Å². The van der Waals surface area contributed by atoms with Gasteiger partial charge in [-0.05, 0) is 56.9 Å². The van der Waals surface area contributed by atoms with E-state index >= 15 is 0 Å². The van der Waals surface area contributed by atoms with E-state index in [1.807, 2.05) is 5.57 Å². The number of hydrogen-bond donors (Lipinski definition) is 0. The number of aryl methyl sites for hydroxylation is 1. The first-order valence-electron chi connectivity index (χ1n) is 6.59. The van der Waals surface area contributed by atoms with Crippen LogP contribution in [0.15, 0.2) is 35.4 Å². The summed E-state index contributed by atoms with van der Waals surface area (Å²) in [4.78, 5) is 0. The van der Waals surface area contributed by atoms with E-state index in [1.165, 1.54) is 44.1 Å². The van der Waals surface area contributed by atoms with Crippen LogP contribution >= 0.6 is 0 Å². The van der Waals surface area contributed by atoms with Gasteiger partial charge in [0.1, 0.15) is 0 Å². The highest BCUT2D eigenvalue weighted by Crippen LogP contribution is 2.42. The Morgan fingerprint density at radius 3 is 1.94 bits per heavy atom. The zero-order valence-corrected chi connectivity index (χ0v) is 10.1. The SMILES string of the molecule is Cc1ccc(C2CCC(=C3CC3)CC2)cc1. The van der Waals surface area contributed by atoms with Crippen molar-refractivity contribution in [3.05, 3.63) is 46.5 Å². The van der Waals surface area contributed by atoms with Crippen molar-refractivity contribution in [1.29, 1.82) is 0 Å². The molecular weight excluding hydrogens is 192 g/mol. The second kappa shape index (κ2) is 4.08. The van der Waals surface area contributed by atoms with Gasteiger partial charge in [0.05, 0.1) is 0 Å². The fourth-order valence-electron chi connectivity index (χ4n) is 2.91. The van der Waals surface area contributed by atoms with Crippen LogP contribution in [0.5, 0.6) is 0 Å². The lowest BCUT2D eigenvalue weighted by atomic mass is 9.81. The molecule has 2 aliphatic carbocycles. The van der Waals surface area contributed by atoms with Gasteiger partial charge in [-0.15, -0.1) is 0 Å². The van der Waals surface area contributed by atoms with Crippen molar-refractivity contribution in [3.63, 3.8) is 0 Å². The second-order valence-corrected chi connectivity index (χ2v) is 5.39. The fourth-order valence-corrected chi connectivity index (χ4v) is 2.91. The second-order valence-electron chi connectivity index (χ2n) is 5.39. The topological polar surface area (TPSA) is 0 Å². The standard InChI is InChI=1S/C16H20/c1-12-2-4-13(5-3-12)14-6-8-15(9-7-14)16-10-11-16/h2-5,14H,6-11H2,1H3. The summed E-state index contributed by atoms with van der Waals surface area (Å²) in [6.07, 6.45) is 8.31. The summed E-state index contributed by atoms with van der Waals surface area (Å²) in [5.74, 6) is 0.823. The Hall–Kier alpha value is -1.04. The molecule has 1 aromatic carbocycles. The average Bonchev–Trinajstić information content (AvgIpc) is 3.14. The van der Waals surface area contributed by atoms with E-state index in [9.17, 15) is 0 Å². The molecule has 0 aliphatic heterocycles. The molecular formula is C16H20. The Morgan fingerprint density at radius 2 is 1.38 bits per heavy atom. The molecule has 0 aromatic heterocycles. The molecule has 0 saturated heterocycles. The van der Waals surface area contributed by atoms with Gasteiger partial charge in [-0.1, -0.05) is 41.0 Å². The summed E-state index contributed by atoms with van der Waals surface area (Å²) < 4.78 is 0. The monoisotopic (exact) mass is 212 g/mol. The molecule has 0 atom stereocenters. The number of benzene rings is 1. The zero-order valence-electron chi connectivity index (χ0n) is 10.1. The average molecular weight is 212 g/mol. The number of hydrogen-bond acceptors (Lipinski definition) is 0. The highest BCUT2D eigenvalue weighted by Gasteiger charge is 2.23. The molecule has 0 bridgehead atoms. The van der Waals surface area contributed by atoms with Gasteiger partial charge in [-0.3, -0.25) is 0 Å². The first-order valence-corrected chi connectivity index (χ1v) is 6.59. The summed E-state index contributed by atoms with van der Waals surface area (Å²) in [6.45, 7) is 2.17. The molecule has 0 heterocycles. The fraction of sp³-hybridized carbons (Fsp3) is 0.500. The van der Waals surface area contributed by atoms with Crippen LogP contribution in [-0.2, 0) is 0 Å². The highest BCUT2D eigenvalue weighted by molar-refractivity contribution is 5.30. The van der Waals surface area contributed by atoms with Crippen molar-refractivity contribution in [3.8, 4) is 0 Å². The van der Waals surface area contributed by atoms with Gasteiger partial charge in [0.25, 0.3) is 0 Å². The van der Waals surface area contributed by atoms with E-state index < -0.39 is 0 Å². The first kappa shape index (κ1) is 10.1. The Labute approximate surface area is 98.4 Å². The van der Waals surface area contributed by atoms with Gasteiger partial charge >= 0.3 is 0 Å². The Bertz CT molecular complexity index is 392. The van der Waals surface area contributed by atoms with Gasteiger partial charge in [0.15, 0.2) is 0 Å². The smallest absolute Gasteiger partial charge is 0.0156 e. The van der Waals surface area contributed by atoms with Crippen molar-refractivity contribution in [2.45, 2.75) is 51.4 Å². The first-order chi connectivity index (χ1) is 7.83. The maximum Gasteiger partial charge on any atom is -0.0156 e. The molecule has 0 amide bonds. The summed E-state index contributed by atoms with van der Waals surface area (Å²) in [5.41, 5.74) is 6.54. The number of allylic oxidation sites excluding steroid dienone is 2. The van der Waals surface area contributed by atoms with E-state index in [2.05, 4.69) is 31.2 Å². The molecule has 1 aromatic rings. The van der Waals surface area contributed by atoms with Crippen molar-refractivity contribution in [1.82, 2.24) is 0 Å². The van der Waals surface area contributed by atoms with Crippen LogP contribution in [0.3, 0.4) is 0 Å². The molecule has 0 unspecified atom stereocenters. The van der Waals surface area contributed by atoms with E-state index in [0.29, 0.717) is 0 Å². The third-order valence-electron chi connectivity index (χ3n) is 4.14. The van der Waals surface area contributed by atoms with Gasteiger partial charge in [0.2, 0.25) is 0 Å².